The Morgan fingerprint density at radius 1 is 1.10 bits per heavy atom. The summed E-state index contributed by atoms with van der Waals surface area (Å²) >= 11 is 0. The first-order chi connectivity index (χ1) is 9.41. The molecule has 1 unspecified atom stereocenters. The smallest absolute Gasteiger partial charge is 0.129 e. The third-order valence-electron chi connectivity index (χ3n) is 3.41. The van der Waals surface area contributed by atoms with Crippen molar-refractivity contribution in [1.82, 2.24) is 0 Å². The van der Waals surface area contributed by atoms with Gasteiger partial charge in [0.15, 0.2) is 0 Å². The Balaban J connectivity index is 2.17. The Hall–Kier alpha value is -1.58. The molecular weight excluding hydrogens is 250 g/mol. The third-order valence-corrected chi connectivity index (χ3v) is 3.41. The lowest BCUT2D eigenvalue weighted by atomic mass is 9.86. The minimum atomic E-state index is -0.241. The van der Waals surface area contributed by atoms with Crippen LogP contribution in [-0.2, 0) is 16.8 Å². The van der Waals surface area contributed by atoms with Gasteiger partial charge in [-0.1, -0.05) is 45.0 Å². The number of ether oxygens (including phenoxy) is 1. The Bertz CT molecular complexity index is 549. The van der Waals surface area contributed by atoms with Crippen LogP contribution in [0, 0.1) is 0 Å². The zero-order valence-corrected chi connectivity index (χ0v) is 12.6. The van der Waals surface area contributed by atoms with Gasteiger partial charge < -0.3 is 14.9 Å². The predicted molar refractivity (Wildman–Crippen MR) is 80.6 cm³/mol. The van der Waals surface area contributed by atoms with Crippen molar-refractivity contribution < 1.29 is 9.15 Å². The fraction of sp³-hybridized carbons (Fsp3) is 0.412. The lowest BCUT2D eigenvalue weighted by Crippen LogP contribution is -2.13. The third kappa shape index (κ3) is 3.30. The highest BCUT2D eigenvalue weighted by Crippen LogP contribution is 2.26. The minimum absolute atomic E-state index is 0.152. The molecule has 2 rings (SSSR count). The zero-order valence-electron chi connectivity index (χ0n) is 12.6. The normalized spacial score (nSPS) is 13.4. The van der Waals surface area contributed by atoms with Crippen LogP contribution >= 0.6 is 0 Å². The van der Waals surface area contributed by atoms with Crippen molar-refractivity contribution in [2.24, 2.45) is 5.73 Å². The molecular formula is C17H23NO2. The van der Waals surface area contributed by atoms with E-state index in [1.807, 2.05) is 12.1 Å². The molecule has 20 heavy (non-hydrogen) atoms. The van der Waals surface area contributed by atoms with E-state index in [0.717, 1.165) is 17.1 Å². The topological polar surface area (TPSA) is 48.4 Å². The molecule has 0 saturated heterocycles. The molecule has 2 aromatic rings. The van der Waals surface area contributed by atoms with Gasteiger partial charge in [-0.3, -0.25) is 0 Å². The van der Waals surface area contributed by atoms with Crippen molar-refractivity contribution in [3.8, 4) is 0 Å². The average molecular weight is 273 g/mol. The summed E-state index contributed by atoms with van der Waals surface area (Å²) < 4.78 is 10.7. The van der Waals surface area contributed by atoms with E-state index in [0.29, 0.717) is 6.61 Å². The summed E-state index contributed by atoms with van der Waals surface area (Å²) in [6.45, 7) is 7.07. The summed E-state index contributed by atoms with van der Waals surface area (Å²) in [6, 6.07) is 12.0. The summed E-state index contributed by atoms with van der Waals surface area (Å²) in [7, 11) is 1.65. The van der Waals surface area contributed by atoms with Gasteiger partial charge in [0.25, 0.3) is 0 Å². The number of nitrogens with two attached hydrogens (primary N) is 1. The molecule has 3 nitrogen and oxygen atoms in total. The van der Waals surface area contributed by atoms with Crippen LogP contribution in [0.1, 0.15) is 49.5 Å². The van der Waals surface area contributed by atoms with E-state index < -0.39 is 0 Å². The predicted octanol–water partition coefficient (Wildman–Crippen LogP) is 3.77. The summed E-state index contributed by atoms with van der Waals surface area (Å²) in [6.07, 6.45) is 0. The van der Waals surface area contributed by atoms with Crippen LogP contribution in [0.25, 0.3) is 0 Å². The average Bonchev–Trinajstić information content (AvgIpc) is 2.86. The quantitative estimate of drug-likeness (QED) is 0.922. The van der Waals surface area contributed by atoms with Crippen LogP contribution in [0.2, 0.25) is 0 Å². The molecule has 0 aliphatic carbocycles. The molecule has 0 aliphatic heterocycles. The lowest BCUT2D eigenvalue weighted by molar-refractivity contribution is 0.162. The van der Waals surface area contributed by atoms with E-state index in [2.05, 4.69) is 45.0 Å². The van der Waals surface area contributed by atoms with Gasteiger partial charge in [0.1, 0.15) is 18.1 Å². The summed E-state index contributed by atoms with van der Waals surface area (Å²) in [5, 5.41) is 0. The molecule has 0 saturated carbocycles. The molecule has 1 aromatic heterocycles. The Morgan fingerprint density at radius 3 is 2.30 bits per heavy atom. The molecule has 0 amide bonds. The lowest BCUT2D eigenvalue weighted by Gasteiger charge is -2.20. The molecule has 0 radical (unpaired) electrons. The SMILES string of the molecule is COCc1ccc(C(N)c2ccc(C(C)(C)C)cc2)o1. The van der Waals surface area contributed by atoms with Gasteiger partial charge in [0, 0.05) is 7.11 Å². The molecule has 0 spiro atoms. The Morgan fingerprint density at radius 2 is 1.75 bits per heavy atom. The number of hydrogen-bond acceptors (Lipinski definition) is 3. The molecule has 1 heterocycles. The van der Waals surface area contributed by atoms with E-state index in [9.17, 15) is 0 Å². The van der Waals surface area contributed by atoms with Gasteiger partial charge in [-0.25, -0.2) is 0 Å². The molecule has 1 aromatic carbocycles. The number of hydrogen-bond donors (Lipinski definition) is 1. The van der Waals surface area contributed by atoms with Gasteiger partial charge in [-0.05, 0) is 28.7 Å². The molecule has 2 N–H and O–H groups in total. The van der Waals surface area contributed by atoms with Crippen LogP contribution in [0.15, 0.2) is 40.8 Å². The Labute approximate surface area is 120 Å². The van der Waals surface area contributed by atoms with E-state index in [4.69, 9.17) is 14.9 Å². The largest absolute Gasteiger partial charge is 0.462 e. The van der Waals surface area contributed by atoms with Gasteiger partial charge in [0.2, 0.25) is 0 Å². The van der Waals surface area contributed by atoms with Crippen molar-refractivity contribution in [1.29, 1.82) is 0 Å². The van der Waals surface area contributed by atoms with Crippen molar-refractivity contribution in [2.45, 2.75) is 38.8 Å². The van der Waals surface area contributed by atoms with Gasteiger partial charge in [0.05, 0.1) is 6.04 Å². The second-order valence-electron chi connectivity index (χ2n) is 6.09. The molecule has 0 bridgehead atoms. The molecule has 0 aliphatic rings. The highest BCUT2D eigenvalue weighted by atomic mass is 16.5. The van der Waals surface area contributed by atoms with E-state index in [-0.39, 0.29) is 11.5 Å². The first-order valence-corrected chi connectivity index (χ1v) is 6.85. The monoisotopic (exact) mass is 273 g/mol. The fourth-order valence-electron chi connectivity index (χ4n) is 2.14. The highest BCUT2D eigenvalue weighted by molar-refractivity contribution is 5.32. The van der Waals surface area contributed by atoms with Crippen LogP contribution in [0.4, 0.5) is 0 Å². The zero-order chi connectivity index (χ0) is 14.8. The van der Waals surface area contributed by atoms with Crippen LogP contribution < -0.4 is 5.73 Å². The fourth-order valence-corrected chi connectivity index (χ4v) is 2.14. The minimum Gasteiger partial charge on any atom is -0.462 e. The maximum atomic E-state index is 6.25. The summed E-state index contributed by atoms with van der Waals surface area (Å²) in [4.78, 5) is 0. The van der Waals surface area contributed by atoms with Crippen LogP contribution in [-0.4, -0.2) is 7.11 Å². The van der Waals surface area contributed by atoms with E-state index in [1.165, 1.54) is 5.56 Å². The van der Waals surface area contributed by atoms with Crippen molar-refractivity contribution in [3.05, 3.63) is 59.0 Å². The van der Waals surface area contributed by atoms with Gasteiger partial charge in [-0.15, -0.1) is 0 Å². The van der Waals surface area contributed by atoms with Crippen molar-refractivity contribution in [2.75, 3.05) is 7.11 Å². The molecule has 1 atom stereocenters. The first-order valence-electron chi connectivity index (χ1n) is 6.85. The molecule has 0 fully saturated rings. The van der Waals surface area contributed by atoms with Crippen LogP contribution in [0.5, 0.6) is 0 Å². The first kappa shape index (κ1) is 14.8. The molecule has 108 valence electrons. The van der Waals surface area contributed by atoms with Crippen molar-refractivity contribution in [3.63, 3.8) is 0 Å². The van der Waals surface area contributed by atoms with Crippen LogP contribution in [0.3, 0.4) is 0 Å². The van der Waals surface area contributed by atoms with E-state index in [1.54, 1.807) is 7.11 Å². The second kappa shape index (κ2) is 5.81. The summed E-state index contributed by atoms with van der Waals surface area (Å²) in [5.41, 5.74) is 8.75. The van der Waals surface area contributed by atoms with Gasteiger partial charge >= 0.3 is 0 Å². The van der Waals surface area contributed by atoms with Crippen molar-refractivity contribution >= 4 is 0 Å². The number of benzene rings is 1. The number of rotatable bonds is 4. The van der Waals surface area contributed by atoms with Gasteiger partial charge in [-0.2, -0.15) is 0 Å². The molecule has 3 heteroatoms. The highest BCUT2D eigenvalue weighted by Gasteiger charge is 2.16. The maximum Gasteiger partial charge on any atom is 0.129 e. The maximum absolute atomic E-state index is 6.25. The van der Waals surface area contributed by atoms with E-state index >= 15 is 0 Å². The standard InChI is InChI=1S/C17H23NO2/c1-17(2,3)13-7-5-12(6-8-13)16(18)15-10-9-14(20-15)11-19-4/h5-10,16H,11,18H2,1-4H3. The Kier molecular flexibility index (Phi) is 4.31. The number of methoxy groups -OCH3 is 1. The summed E-state index contributed by atoms with van der Waals surface area (Å²) in [5.74, 6) is 1.56. The number of furan rings is 1. The second-order valence-corrected chi connectivity index (χ2v) is 6.09.